The summed E-state index contributed by atoms with van der Waals surface area (Å²) < 4.78 is 1.73. The van der Waals surface area contributed by atoms with Crippen molar-refractivity contribution in [2.24, 2.45) is 5.92 Å². The molecular formula is C17H18ClN5O2. The molecule has 0 fully saturated rings. The number of nitro groups is 1. The number of benzene rings is 1. The minimum Gasteiger partial charge on any atom is -0.258 e. The molecule has 3 aromatic rings. The number of fused-ring (bicyclic) bond motifs is 1. The van der Waals surface area contributed by atoms with Crippen LogP contribution >= 0.6 is 11.6 Å². The van der Waals surface area contributed by atoms with Gasteiger partial charge < -0.3 is 0 Å². The smallest absolute Gasteiger partial charge is 0.258 e. The third-order valence-corrected chi connectivity index (χ3v) is 4.69. The maximum atomic E-state index is 11.0. The molecule has 0 amide bonds. The number of non-ortho nitro benzene ring substituents is 1. The topological polar surface area (TPSA) is 86.2 Å². The zero-order chi connectivity index (χ0) is 18.1. The van der Waals surface area contributed by atoms with E-state index >= 15 is 0 Å². The highest BCUT2D eigenvalue weighted by Crippen LogP contribution is 2.36. The van der Waals surface area contributed by atoms with Crippen molar-refractivity contribution in [2.75, 3.05) is 0 Å². The number of aromatic nitrogens is 4. The second-order valence-corrected chi connectivity index (χ2v) is 6.54. The number of rotatable bonds is 5. The van der Waals surface area contributed by atoms with Crippen LogP contribution in [0.5, 0.6) is 0 Å². The summed E-state index contributed by atoms with van der Waals surface area (Å²) in [6, 6.07) is 4.50. The standard InChI is InChI=1S/C17H18ClN5O2/c1-4-10(2)7-15-16(11(3)21-17-19-9-20-22(15)17)13-6-5-12(23(24)25)8-14(13)18/h5-6,8-10H,4,7H2,1-3H3. The number of halogens is 1. The first-order valence-corrected chi connectivity index (χ1v) is 8.43. The van der Waals surface area contributed by atoms with Crippen molar-refractivity contribution < 1.29 is 4.92 Å². The Hall–Kier alpha value is -2.54. The Bertz CT molecular complexity index is 954. The maximum absolute atomic E-state index is 11.0. The summed E-state index contributed by atoms with van der Waals surface area (Å²) in [5.41, 5.74) is 3.27. The van der Waals surface area contributed by atoms with Crippen molar-refractivity contribution in [3.63, 3.8) is 0 Å². The number of hydrogen-bond donors (Lipinski definition) is 0. The average Bonchev–Trinajstić information content (AvgIpc) is 3.03. The summed E-state index contributed by atoms with van der Waals surface area (Å²) in [6.45, 7) is 6.19. The fraction of sp³-hybridized carbons (Fsp3) is 0.353. The van der Waals surface area contributed by atoms with Crippen molar-refractivity contribution in [2.45, 2.75) is 33.6 Å². The molecule has 0 saturated carbocycles. The minimum absolute atomic E-state index is 0.0373. The number of nitro benzene ring substituents is 1. The highest BCUT2D eigenvalue weighted by atomic mass is 35.5. The summed E-state index contributed by atoms with van der Waals surface area (Å²) >= 11 is 6.37. The summed E-state index contributed by atoms with van der Waals surface area (Å²) in [5.74, 6) is 0.974. The lowest BCUT2D eigenvalue weighted by Gasteiger charge is -2.17. The van der Waals surface area contributed by atoms with Crippen molar-refractivity contribution in [1.82, 2.24) is 19.6 Å². The van der Waals surface area contributed by atoms with E-state index in [1.807, 2.05) is 6.92 Å². The van der Waals surface area contributed by atoms with Gasteiger partial charge in [0.15, 0.2) is 0 Å². The lowest BCUT2D eigenvalue weighted by molar-refractivity contribution is -0.384. The van der Waals surface area contributed by atoms with E-state index in [4.69, 9.17) is 11.6 Å². The molecule has 0 aliphatic carbocycles. The zero-order valence-electron chi connectivity index (χ0n) is 14.2. The molecule has 0 N–H and O–H groups in total. The van der Waals surface area contributed by atoms with Gasteiger partial charge in [-0.1, -0.05) is 31.9 Å². The van der Waals surface area contributed by atoms with Gasteiger partial charge in [-0.25, -0.2) is 9.50 Å². The Morgan fingerprint density at radius 2 is 2.16 bits per heavy atom. The van der Waals surface area contributed by atoms with E-state index in [1.165, 1.54) is 18.5 Å². The van der Waals surface area contributed by atoms with Crippen LogP contribution in [-0.4, -0.2) is 24.5 Å². The Morgan fingerprint density at radius 1 is 1.40 bits per heavy atom. The molecule has 130 valence electrons. The number of hydrogen-bond acceptors (Lipinski definition) is 5. The van der Waals surface area contributed by atoms with Gasteiger partial charge in [0.05, 0.1) is 21.3 Å². The Labute approximate surface area is 149 Å². The fourth-order valence-electron chi connectivity index (χ4n) is 2.86. The molecule has 0 bridgehead atoms. The first kappa shape index (κ1) is 17.3. The average molecular weight is 360 g/mol. The van der Waals surface area contributed by atoms with Crippen molar-refractivity contribution in [3.8, 4) is 11.1 Å². The molecule has 0 aliphatic heterocycles. The van der Waals surface area contributed by atoms with E-state index in [1.54, 1.807) is 10.6 Å². The van der Waals surface area contributed by atoms with Crippen molar-refractivity contribution in [1.29, 1.82) is 0 Å². The summed E-state index contributed by atoms with van der Waals surface area (Å²) in [7, 11) is 0. The Morgan fingerprint density at radius 3 is 2.80 bits per heavy atom. The molecule has 0 spiro atoms. The molecular weight excluding hydrogens is 342 g/mol. The molecule has 7 nitrogen and oxygen atoms in total. The van der Waals surface area contributed by atoms with E-state index < -0.39 is 4.92 Å². The molecule has 2 aromatic heterocycles. The largest absolute Gasteiger partial charge is 0.270 e. The summed E-state index contributed by atoms with van der Waals surface area (Å²) in [6.07, 6.45) is 3.27. The van der Waals surface area contributed by atoms with Gasteiger partial charge in [-0.3, -0.25) is 10.1 Å². The van der Waals surface area contributed by atoms with Crippen LogP contribution in [0.3, 0.4) is 0 Å². The quantitative estimate of drug-likeness (QED) is 0.502. The first-order chi connectivity index (χ1) is 11.9. The number of nitrogens with zero attached hydrogens (tertiary/aromatic N) is 5. The molecule has 1 unspecified atom stereocenters. The highest BCUT2D eigenvalue weighted by Gasteiger charge is 2.21. The van der Waals surface area contributed by atoms with E-state index in [2.05, 4.69) is 28.9 Å². The van der Waals surface area contributed by atoms with Gasteiger partial charge in [0.1, 0.15) is 6.33 Å². The fourth-order valence-corrected chi connectivity index (χ4v) is 3.13. The highest BCUT2D eigenvalue weighted by molar-refractivity contribution is 6.33. The molecule has 8 heteroatoms. The van der Waals surface area contributed by atoms with Gasteiger partial charge >= 0.3 is 0 Å². The molecule has 0 saturated heterocycles. The molecule has 1 atom stereocenters. The van der Waals surface area contributed by atoms with Gasteiger partial charge in [-0.2, -0.15) is 10.1 Å². The molecule has 2 heterocycles. The second-order valence-electron chi connectivity index (χ2n) is 6.13. The molecule has 25 heavy (non-hydrogen) atoms. The van der Waals surface area contributed by atoms with Crippen LogP contribution in [0.25, 0.3) is 16.9 Å². The van der Waals surface area contributed by atoms with Crippen LogP contribution < -0.4 is 0 Å². The minimum atomic E-state index is -0.457. The second kappa shape index (κ2) is 6.76. The van der Waals surface area contributed by atoms with E-state index in [-0.39, 0.29) is 5.69 Å². The van der Waals surface area contributed by atoms with Crippen LogP contribution in [0, 0.1) is 23.0 Å². The van der Waals surface area contributed by atoms with Gasteiger partial charge in [-0.15, -0.1) is 0 Å². The van der Waals surface area contributed by atoms with Crippen LogP contribution in [0.2, 0.25) is 5.02 Å². The summed E-state index contributed by atoms with van der Waals surface area (Å²) in [5, 5.41) is 15.6. The lowest BCUT2D eigenvalue weighted by Crippen LogP contribution is -2.10. The Kier molecular flexibility index (Phi) is 4.67. The van der Waals surface area contributed by atoms with Crippen LogP contribution in [0.15, 0.2) is 24.5 Å². The summed E-state index contributed by atoms with van der Waals surface area (Å²) in [4.78, 5) is 19.2. The van der Waals surface area contributed by atoms with E-state index in [0.29, 0.717) is 22.3 Å². The molecule has 1 aromatic carbocycles. The van der Waals surface area contributed by atoms with Crippen molar-refractivity contribution in [3.05, 3.63) is 51.1 Å². The van der Waals surface area contributed by atoms with E-state index in [0.717, 1.165) is 29.8 Å². The zero-order valence-corrected chi connectivity index (χ0v) is 15.0. The van der Waals surface area contributed by atoms with Crippen LogP contribution in [0.1, 0.15) is 31.7 Å². The monoisotopic (exact) mass is 359 g/mol. The van der Waals surface area contributed by atoms with Crippen LogP contribution in [-0.2, 0) is 6.42 Å². The van der Waals surface area contributed by atoms with Crippen LogP contribution in [0.4, 0.5) is 5.69 Å². The molecule has 0 radical (unpaired) electrons. The van der Waals surface area contributed by atoms with Gasteiger partial charge in [-0.05, 0) is 25.3 Å². The number of aryl methyl sites for hydroxylation is 1. The molecule has 0 aliphatic rings. The predicted octanol–water partition coefficient (Wildman–Crippen LogP) is 4.25. The third-order valence-electron chi connectivity index (χ3n) is 4.38. The normalized spacial score (nSPS) is 12.5. The van der Waals surface area contributed by atoms with Gasteiger partial charge in [0, 0.05) is 23.3 Å². The van der Waals surface area contributed by atoms with Gasteiger partial charge in [0.2, 0.25) is 0 Å². The third kappa shape index (κ3) is 3.19. The van der Waals surface area contributed by atoms with Crippen molar-refractivity contribution >= 4 is 23.1 Å². The SMILES string of the molecule is CCC(C)Cc1c(-c2ccc([N+](=O)[O-])cc2Cl)c(C)nc2ncnn12. The lowest BCUT2D eigenvalue weighted by atomic mass is 9.94. The molecule has 3 rings (SSSR count). The van der Waals surface area contributed by atoms with E-state index in [9.17, 15) is 10.1 Å². The maximum Gasteiger partial charge on any atom is 0.270 e. The first-order valence-electron chi connectivity index (χ1n) is 8.05. The van der Waals surface area contributed by atoms with Gasteiger partial charge in [0.25, 0.3) is 11.5 Å². The Balaban J connectivity index is 2.26. The predicted molar refractivity (Wildman–Crippen MR) is 95.8 cm³/mol.